The Bertz CT molecular complexity index is 651. The Morgan fingerprint density at radius 2 is 2.26 bits per heavy atom. The third-order valence-corrected chi connectivity index (χ3v) is 4.56. The van der Waals surface area contributed by atoms with Gasteiger partial charge in [-0.2, -0.15) is 5.10 Å². The third-order valence-electron chi connectivity index (χ3n) is 4.56. The zero-order chi connectivity index (χ0) is 16.4. The first kappa shape index (κ1) is 15.7. The number of carbonyl (C=O) groups excluding carboxylic acids is 1. The molecule has 2 aromatic rings. The molecule has 1 fully saturated rings. The molecule has 124 valence electrons. The van der Waals surface area contributed by atoms with Gasteiger partial charge in [-0.15, -0.1) is 0 Å². The Hall–Kier alpha value is -2.22. The van der Waals surface area contributed by atoms with E-state index in [1.54, 1.807) is 11.0 Å². The maximum absolute atomic E-state index is 12.8. The molecule has 2 atom stereocenters. The highest BCUT2D eigenvalue weighted by atomic mass is 16.2. The Labute approximate surface area is 135 Å². The average Bonchev–Trinajstić information content (AvgIpc) is 3.24. The summed E-state index contributed by atoms with van der Waals surface area (Å²) >= 11 is 0. The van der Waals surface area contributed by atoms with Gasteiger partial charge in [0.1, 0.15) is 24.5 Å². The fraction of sp³-hybridized carbons (Fsp3) is 0.600. The van der Waals surface area contributed by atoms with Crippen LogP contribution in [0.5, 0.6) is 0 Å². The molecule has 0 bridgehead atoms. The minimum atomic E-state index is -0.340. The summed E-state index contributed by atoms with van der Waals surface area (Å²) in [4.78, 5) is 25.5. The van der Waals surface area contributed by atoms with E-state index in [1.165, 1.54) is 6.33 Å². The van der Waals surface area contributed by atoms with Crippen molar-refractivity contribution in [1.82, 2.24) is 34.1 Å². The number of hydrogen-bond acceptors (Lipinski definition) is 5. The van der Waals surface area contributed by atoms with Gasteiger partial charge in [-0.3, -0.25) is 9.69 Å². The second-order valence-corrected chi connectivity index (χ2v) is 5.88. The van der Waals surface area contributed by atoms with Gasteiger partial charge < -0.3 is 9.47 Å². The van der Waals surface area contributed by atoms with Crippen molar-refractivity contribution in [3.05, 3.63) is 30.9 Å². The van der Waals surface area contributed by atoms with E-state index in [2.05, 4.69) is 26.9 Å². The van der Waals surface area contributed by atoms with E-state index in [1.807, 2.05) is 35.8 Å². The number of imidazole rings is 1. The fourth-order valence-corrected chi connectivity index (χ4v) is 3.14. The summed E-state index contributed by atoms with van der Waals surface area (Å²) in [6.45, 7) is 7.18. The summed E-state index contributed by atoms with van der Waals surface area (Å²) in [6, 6.07) is -0.214. The number of rotatable bonds is 4. The van der Waals surface area contributed by atoms with Gasteiger partial charge in [0.15, 0.2) is 0 Å². The monoisotopic (exact) mass is 317 g/mol. The van der Waals surface area contributed by atoms with E-state index in [-0.39, 0.29) is 18.0 Å². The number of hydrogen-bond donors (Lipinski definition) is 0. The molecule has 0 unspecified atom stereocenters. The minimum Gasteiger partial charge on any atom is -0.338 e. The highest BCUT2D eigenvalue weighted by Gasteiger charge is 2.33. The van der Waals surface area contributed by atoms with Crippen LogP contribution in [0.25, 0.3) is 0 Å². The van der Waals surface area contributed by atoms with Crippen LogP contribution in [-0.4, -0.2) is 66.2 Å². The molecule has 23 heavy (non-hydrogen) atoms. The molecule has 3 heterocycles. The molecule has 1 aliphatic rings. The number of nitrogens with zero attached hydrogens (tertiary/aromatic N) is 7. The van der Waals surface area contributed by atoms with Crippen molar-refractivity contribution in [2.24, 2.45) is 7.05 Å². The maximum Gasteiger partial charge on any atom is 0.247 e. The molecule has 1 amide bonds. The predicted molar refractivity (Wildman–Crippen MR) is 84.5 cm³/mol. The number of aryl methyl sites for hydroxylation is 1. The van der Waals surface area contributed by atoms with Gasteiger partial charge in [0.2, 0.25) is 5.91 Å². The zero-order valence-corrected chi connectivity index (χ0v) is 13.8. The molecule has 0 aromatic carbocycles. The lowest BCUT2D eigenvalue weighted by Crippen LogP contribution is -2.52. The summed E-state index contributed by atoms with van der Waals surface area (Å²) in [5.41, 5.74) is 0. The second-order valence-electron chi connectivity index (χ2n) is 5.88. The topological polar surface area (TPSA) is 72.1 Å². The van der Waals surface area contributed by atoms with Crippen molar-refractivity contribution >= 4 is 5.91 Å². The Kier molecular flexibility index (Phi) is 4.42. The molecule has 8 nitrogen and oxygen atoms in total. The Morgan fingerprint density at radius 3 is 2.87 bits per heavy atom. The first-order chi connectivity index (χ1) is 11.1. The summed E-state index contributed by atoms with van der Waals surface area (Å²) in [6.07, 6.45) is 6.79. The molecule has 1 aliphatic heterocycles. The second kappa shape index (κ2) is 6.49. The zero-order valence-electron chi connectivity index (χ0n) is 13.8. The van der Waals surface area contributed by atoms with Crippen molar-refractivity contribution in [2.45, 2.75) is 25.9 Å². The Morgan fingerprint density at radius 1 is 1.43 bits per heavy atom. The van der Waals surface area contributed by atoms with E-state index < -0.39 is 0 Å². The molecule has 0 saturated carbocycles. The van der Waals surface area contributed by atoms with Gasteiger partial charge >= 0.3 is 0 Å². The van der Waals surface area contributed by atoms with Crippen molar-refractivity contribution < 1.29 is 4.79 Å². The lowest BCUT2D eigenvalue weighted by molar-refractivity contribution is -0.137. The highest BCUT2D eigenvalue weighted by molar-refractivity contribution is 5.80. The largest absolute Gasteiger partial charge is 0.338 e. The van der Waals surface area contributed by atoms with E-state index in [0.717, 1.165) is 25.5 Å². The standard InChI is InChI=1S/C15H23N7O/c1-4-20-7-8-21(9-13(20)14-17-5-6-19(14)3)15(23)12(2)22-11-16-10-18-22/h5-6,10-13H,4,7-9H2,1-3H3/t12-,13-/m0/s1. The van der Waals surface area contributed by atoms with E-state index in [4.69, 9.17) is 0 Å². The first-order valence-corrected chi connectivity index (χ1v) is 7.96. The molecule has 0 N–H and O–H groups in total. The van der Waals surface area contributed by atoms with Crippen molar-refractivity contribution in [2.75, 3.05) is 26.2 Å². The van der Waals surface area contributed by atoms with Crippen LogP contribution in [0.2, 0.25) is 0 Å². The normalized spacial score (nSPS) is 20.7. The van der Waals surface area contributed by atoms with Gasteiger partial charge in [-0.05, 0) is 13.5 Å². The fourth-order valence-electron chi connectivity index (χ4n) is 3.14. The third kappa shape index (κ3) is 2.98. The SMILES string of the molecule is CCN1CCN(C(=O)[C@H](C)n2cncn2)C[C@H]1c1nccn1C. The van der Waals surface area contributed by atoms with Gasteiger partial charge in [-0.1, -0.05) is 6.92 Å². The molecule has 1 saturated heterocycles. The van der Waals surface area contributed by atoms with Crippen LogP contribution in [0.3, 0.4) is 0 Å². The van der Waals surface area contributed by atoms with Crippen LogP contribution in [0, 0.1) is 0 Å². The molecule has 0 spiro atoms. The summed E-state index contributed by atoms with van der Waals surface area (Å²) in [5.74, 6) is 1.07. The minimum absolute atomic E-state index is 0.0745. The van der Waals surface area contributed by atoms with Crippen LogP contribution in [-0.2, 0) is 11.8 Å². The van der Waals surface area contributed by atoms with Crippen molar-refractivity contribution in [1.29, 1.82) is 0 Å². The number of aromatic nitrogens is 5. The molecule has 8 heteroatoms. The van der Waals surface area contributed by atoms with Crippen LogP contribution in [0.1, 0.15) is 31.8 Å². The van der Waals surface area contributed by atoms with Crippen LogP contribution in [0.4, 0.5) is 0 Å². The van der Waals surface area contributed by atoms with Gasteiger partial charge in [0, 0.05) is 39.1 Å². The molecule has 0 aliphatic carbocycles. The van der Waals surface area contributed by atoms with Crippen molar-refractivity contribution in [3.63, 3.8) is 0 Å². The van der Waals surface area contributed by atoms with Crippen LogP contribution in [0.15, 0.2) is 25.0 Å². The van der Waals surface area contributed by atoms with Gasteiger partial charge in [0.25, 0.3) is 0 Å². The van der Waals surface area contributed by atoms with Crippen molar-refractivity contribution in [3.8, 4) is 0 Å². The number of likely N-dealkylation sites (N-methyl/N-ethyl adjacent to an activating group) is 1. The smallest absolute Gasteiger partial charge is 0.247 e. The molecule has 3 rings (SSSR count). The van der Waals surface area contributed by atoms with E-state index in [0.29, 0.717) is 6.54 Å². The Balaban J connectivity index is 1.77. The lowest BCUT2D eigenvalue weighted by Gasteiger charge is -2.41. The van der Waals surface area contributed by atoms with Crippen LogP contribution < -0.4 is 0 Å². The van der Waals surface area contributed by atoms with E-state index in [9.17, 15) is 4.79 Å². The molecule has 0 radical (unpaired) electrons. The molecule has 2 aromatic heterocycles. The van der Waals surface area contributed by atoms with Gasteiger partial charge in [0.05, 0.1) is 6.04 Å². The molecular weight excluding hydrogens is 294 g/mol. The predicted octanol–water partition coefficient (Wildman–Crippen LogP) is 0.478. The van der Waals surface area contributed by atoms with E-state index >= 15 is 0 Å². The average molecular weight is 317 g/mol. The van der Waals surface area contributed by atoms with Crippen LogP contribution >= 0.6 is 0 Å². The number of carbonyl (C=O) groups is 1. The highest BCUT2D eigenvalue weighted by Crippen LogP contribution is 2.25. The van der Waals surface area contributed by atoms with Gasteiger partial charge in [-0.25, -0.2) is 14.6 Å². The summed E-state index contributed by atoms with van der Waals surface area (Å²) < 4.78 is 3.63. The molecular formula is C15H23N7O. The summed E-state index contributed by atoms with van der Waals surface area (Å²) in [7, 11) is 2.00. The quantitative estimate of drug-likeness (QED) is 0.820. The number of piperazine rings is 1. The number of amides is 1. The first-order valence-electron chi connectivity index (χ1n) is 7.96. The summed E-state index contributed by atoms with van der Waals surface area (Å²) in [5, 5.41) is 4.08. The maximum atomic E-state index is 12.8. The lowest BCUT2D eigenvalue weighted by atomic mass is 10.1.